The molecule has 3 heteroatoms. The second-order valence-electron chi connectivity index (χ2n) is 6.17. The Hall–Kier alpha value is -1.35. The Morgan fingerprint density at radius 2 is 1.90 bits per heavy atom. The molecule has 0 bridgehead atoms. The van der Waals surface area contributed by atoms with E-state index in [1.807, 2.05) is 24.3 Å². The van der Waals surface area contributed by atoms with Gasteiger partial charge in [0.2, 0.25) is 5.90 Å². The van der Waals surface area contributed by atoms with Crippen molar-refractivity contribution in [3.63, 3.8) is 0 Å². The molecule has 0 amide bonds. The van der Waals surface area contributed by atoms with E-state index in [9.17, 15) is 5.11 Å². The SMILES string of the molecule is CC(C)COC(=N)c1ccccc1C1(O)CCCCC1. The standard InChI is InChI=1S/C17H25NO2/c1-13(2)12-20-16(18)14-8-4-5-9-15(14)17(19)10-6-3-7-11-17/h4-5,8-9,13,18-19H,3,6-7,10-12H2,1-2H3. The molecule has 0 radical (unpaired) electrons. The van der Waals surface area contributed by atoms with Crippen molar-refractivity contribution in [2.45, 2.75) is 51.6 Å². The molecule has 2 rings (SSSR count). The number of aliphatic hydroxyl groups is 1. The summed E-state index contributed by atoms with van der Waals surface area (Å²) in [4.78, 5) is 0. The predicted molar refractivity (Wildman–Crippen MR) is 81.0 cm³/mol. The first-order chi connectivity index (χ1) is 9.53. The summed E-state index contributed by atoms with van der Waals surface area (Å²) in [5.74, 6) is 0.563. The molecule has 0 aliphatic heterocycles. The van der Waals surface area contributed by atoms with Gasteiger partial charge in [-0.05, 0) is 30.4 Å². The molecule has 1 aromatic rings. The lowest BCUT2D eigenvalue weighted by molar-refractivity contribution is -0.000994. The van der Waals surface area contributed by atoms with Crippen LogP contribution >= 0.6 is 0 Å². The number of benzene rings is 1. The summed E-state index contributed by atoms with van der Waals surface area (Å²) in [5, 5.41) is 19.0. The van der Waals surface area contributed by atoms with Gasteiger partial charge in [0.15, 0.2) is 0 Å². The van der Waals surface area contributed by atoms with Crippen LogP contribution in [0.4, 0.5) is 0 Å². The van der Waals surface area contributed by atoms with Gasteiger partial charge in [-0.2, -0.15) is 0 Å². The van der Waals surface area contributed by atoms with Crippen LogP contribution in [0, 0.1) is 11.3 Å². The number of hydrogen-bond donors (Lipinski definition) is 2. The third-order valence-electron chi connectivity index (χ3n) is 3.91. The lowest BCUT2D eigenvalue weighted by atomic mass is 9.78. The monoisotopic (exact) mass is 275 g/mol. The maximum atomic E-state index is 10.9. The second kappa shape index (κ2) is 6.40. The third-order valence-corrected chi connectivity index (χ3v) is 3.91. The van der Waals surface area contributed by atoms with Gasteiger partial charge in [0.05, 0.1) is 12.2 Å². The van der Waals surface area contributed by atoms with Gasteiger partial charge in [-0.3, -0.25) is 5.41 Å². The van der Waals surface area contributed by atoms with Crippen LogP contribution in [0.15, 0.2) is 24.3 Å². The lowest BCUT2D eigenvalue weighted by Gasteiger charge is -2.34. The zero-order valence-corrected chi connectivity index (χ0v) is 12.5. The number of nitrogens with one attached hydrogen (secondary N) is 1. The summed E-state index contributed by atoms with van der Waals surface area (Å²) in [7, 11) is 0. The normalized spacial score (nSPS) is 18.0. The van der Waals surface area contributed by atoms with Gasteiger partial charge in [0.25, 0.3) is 0 Å². The second-order valence-corrected chi connectivity index (χ2v) is 6.17. The minimum absolute atomic E-state index is 0.174. The Morgan fingerprint density at radius 1 is 1.25 bits per heavy atom. The summed E-state index contributed by atoms with van der Waals surface area (Å²) >= 11 is 0. The van der Waals surface area contributed by atoms with Gasteiger partial charge >= 0.3 is 0 Å². The van der Waals surface area contributed by atoms with E-state index in [1.54, 1.807) is 0 Å². The van der Waals surface area contributed by atoms with Crippen molar-refractivity contribution in [3.05, 3.63) is 35.4 Å². The average molecular weight is 275 g/mol. The highest BCUT2D eigenvalue weighted by molar-refractivity contribution is 5.93. The van der Waals surface area contributed by atoms with Crippen LogP contribution in [0.2, 0.25) is 0 Å². The molecule has 2 N–H and O–H groups in total. The van der Waals surface area contributed by atoms with Gasteiger partial charge in [-0.1, -0.05) is 51.3 Å². The molecule has 110 valence electrons. The zero-order valence-electron chi connectivity index (χ0n) is 12.5. The average Bonchev–Trinajstić information content (AvgIpc) is 2.45. The van der Waals surface area contributed by atoms with Crippen LogP contribution in [0.3, 0.4) is 0 Å². The molecule has 1 saturated carbocycles. The largest absolute Gasteiger partial charge is 0.477 e. The number of hydrogen-bond acceptors (Lipinski definition) is 3. The maximum Gasteiger partial charge on any atom is 0.213 e. The van der Waals surface area contributed by atoms with Gasteiger partial charge in [0, 0.05) is 5.56 Å². The van der Waals surface area contributed by atoms with E-state index in [1.165, 1.54) is 6.42 Å². The molecule has 0 spiro atoms. The zero-order chi connectivity index (χ0) is 14.6. The maximum absolute atomic E-state index is 10.9. The summed E-state index contributed by atoms with van der Waals surface area (Å²) in [5.41, 5.74) is 0.800. The minimum Gasteiger partial charge on any atom is -0.477 e. The minimum atomic E-state index is -0.789. The molecule has 1 fully saturated rings. The van der Waals surface area contributed by atoms with E-state index in [0.717, 1.165) is 36.8 Å². The Morgan fingerprint density at radius 3 is 2.55 bits per heavy atom. The fourth-order valence-corrected chi connectivity index (χ4v) is 2.82. The fraction of sp³-hybridized carbons (Fsp3) is 0.588. The summed E-state index contributed by atoms with van der Waals surface area (Å²) < 4.78 is 5.54. The van der Waals surface area contributed by atoms with E-state index < -0.39 is 5.60 Å². The third kappa shape index (κ3) is 3.40. The van der Waals surface area contributed by atoms with E-state index in [2.05, 4.69) is 13.8 Å². The molecule has 1 aromatic carbocycles. The first-order valence-corrected chi connectivity index (χ1v) is 7.56. The molecule has 1 aliphatic carbocycles. The molecule has 20 heavy (non-hydrogen) atoms. The van der Waals surface area contributed by atoms with E-state index in [-0.39, 0.29) is 5.90 Å². The highest BCUT2D eigenvalue weighted by atomic mass is 16.5. The fourth-order valence-electron chi connectivity index (χ4n) is 2.82. The van der Waals surface area contributed by atoms with Crippen LogP contribution in [-0.4, -0.2) is 17.6 Å². The highest BCUT2D eigenvalue weighted by Gasteiger charge is 2.33. The molecule has 0 aromatic heterocycles. The Labute approximate surface area is 121 Å². The highest BCUT2D eigenvalue weighted by Crippen LogP contribution is 2.38. The van der Waals surface area contributed by atoms with Gasteiger partial charge in [-0.25, -0.2) is 0 Å². The van der Waals surface area contributed by atoms with Crippen LogP contribution in [0.25, 0.3) is 0 Å². The molecule has 3 nitrogen and oxygen atoms in total. The molecular weight excluding hydrogens is 250 g/mol. The van der Waals surface area contributed by atoms with Gasteiger partial charge in [0.1, 0.15) is 0 Å². The van der Waals surface area contributed by atoms with Crippen LogP contribution in [0.5, 0.6) is 0 Å². The Balaban J connectivity index is 2.23. The summed E-state index contributed by atoms with van der Waals surface area (Å²) in [6, 6.07) is 7.65. The Kier molecular flexibility index (Phi) is 4.81. The Bertz CT molecular complexity index is 462. The van der Waals surface area contributed by atoms with Crippen molar-refractivity contribution in [1.82, 2.24) is 0 Å². The van der Waals surface area contributed by atoms with Crippen molar-refractivity contribution in [3.8, 4) is 0 Å². The molecule has 1 aliphatic rings. The first-order valence-electron chi connectivity index (χ1n) is 7.56. The van der Waals surface area contributed by atoms with Crippen molar-refractivity contribution < 1.29 is 9.84 Å². The molecule has 0 atom stereocenters. The quantitative estimate of drug-likeness (QED) is 0.648. The summed E-state index contributed by atoms with van der Waals surface area (Å²) in [6.45, 7) is 4.66. The molecule has 0 saturated heterocycles. The van der Waals surface area contributed by atoms with Crippen molar-refractivity contribution in [1.29, 1.82) is 5.41 Å². The van der Waals surface area contributed by atoms with Crippen molar-refractivity contribution in [2.24, 2.45) is 5.92 Å². The van der Waals surface area contributed by atoms with E-state index in [0.29, 0.717) is 12.5 Å². The van der Waals surface area contributed by atoms with Crippen LogP contribution in [-0.2, 0) is 10.3 Å². The van der Waals surface area contributed by atoms with Crippen molar-refractivity contribution in [2.75, 3.05) is 6.61 Å². The molecule has 0 heterocycles. The summed E-state index contributed by atoms with van der Waals surface area (Å²) in [6.07, 6.45) is 4.84. The number of rotatable bonds is 4. The van der Waals surface area contributed by atoms with Crippen LogP contribution < -0.4 is 0 Å². The van der Waals surface area contributed by atoms with Gasteiger partial charge < -0.3 is 9.84 Å². The number of ether oxygens (including phenoxy) is 1. The molecular formula is C17H25NO2. The predicted octanol–water partition coefficient (Wildman–Crippen LogP) is 3.84. The lowest BCUT2D eigenvalue weighted by Crippen LogP contribution is -2.31. The molecule has 0 unspecified atom stereocenters. The van der Waals surface area contributed by atoms with E-state index in [4.69, 9.17) is 10.1 Å². The van der Waals surface area contributed by atoms with Gasteiger partial charge in [-0.15, -0.1) is 0 Å². The van der Waals surface area contributed by atoms with E-state index >= 15 is 0 Å². The smallest absolute Gasteiger partial charge is 0.213 e. The first kappa shape index (κ1) is 15.0. The van der Waals surface area contributed by atoms with Crippen LogP contribution in [0.1, 0.15) is 57.1 Å². The van der Waals surface area contributed by atoms with Crippen molar-refractivity contribution >= 4 is 5.90 Å². The topological polar surface area (TPSA) is 53.3 Å².